The largest absolute Gasteiger partial charge is 0.432 e. The van der Waals surface area contributed by atoms with Crippen molar-refractivity contribution in [3.05, 3.63) is 65.7 Å². The van der Waals surface area contributed by atoms with E-state index in [1.807, 2.05) is 0 Å². The molecule has 0 bridgehead atoms. The third-order valence-corrected chi connectivity index (χ3v) is 4.61. The number of hydrogen-bond acceptors (Lipinski definition) is 7. The van der Waals surface area contributed by atoms with Crippen molar-refractivity contribution in [3.8, 4) is 22.9 Å². The van der Waals surface area contributed by atoms with Gasteiger partial charge in [-0.1, -0.05) is 6.07 Å². The Balaban J connectivity index is 1.80. The van der Waals surface area contributed by atoms with Gasteiger partial charge in [-0.15, -0.1) is 0 Å². The lowest BCUT2D eigenvalue weighted by Crippen LogP contribution is -2.41. The second-order valence-electron chi connectivity index (χ2n) is 7.87. The van der Waals surface area contributed by atoms with Crippen molar-refractivity contribution in [3.63, 3.8) is 0 Å². The van der Waals surface area contributed by atoms with Crippen LogP contribution in [0.5, 0.6) is 11.6 Å². The van der Waals surface area contributed by atoms with Gasteiger partial charge >= 0.3 is 13.2 Å². The van der Waals surface area contributed by atoms with E-state index in [1.54, 1.807) is 18.3 Å². The lowest BCUT2D eigenvalue weighted by Gasteiger charge is -2.16. The van der Waals surface area contributed by atoms with Crippen molar-refractivity contribution in [1.29, 1.82) is 0 Å². The summed E-state index contributed by atoms with van der Waals surface area (Å²) in [5.74, 6) is -1.18. The third-order valence-electron chi connectivity index (χ3n) is 4.61. The van der Waals surface area contributed by atoms with E-state index in [0.717, 1.165) is 11.6 Å². The number of hydrogen-bond donors (Lipinski definition) is 2. The maximum atomic E-state index is 12.9. The Labute approximate surface area is 198 Å². The molecule has 0 fully saturated rings. The normalized spacial score (nSPS) is 11.6. The van der Waals surface area contributed by atoms with Crippen LogP contribution >= 0.6 is 0 Å². The van der Waals surface area contributed by atoms with Crippen LogP contribution in [0.25, 0.3) is 11.3 Å². The number of nitrogens with one attached hydrogen (secondary N) is 1. The van der Waals surface area contributed by atoms with Crippen LogP contribution in [0.4, 0.5) is 17.6 Å². The molecule has 0 unspecified atom stereocenters. The van der Waals surface area contributed by atoms with Crippen LogP contribution in [0.2, 0.25) is 0 Å². The molecule has 0 aliphatic rings. The molecule has 2 N–H and O–H groups in total. The first-order valence-corrected chi connectivity index (χ1v) is 10.3. The van der Waals surface area contributed by atoms with E-state index >= 15 is 0 Å². The Bertz CT molecular complexity index is 1160. The van der Waals surface area contributed by atoms with Crippen LogP contribution in [0, 0.1) is 0 Å². The first-order chi connectivity index (χ1) is 16.5. The number of carbonyl (C=O) groups is 1. The maximum absolute atomic E-state index is 12.9. The molecule has 0 atom stereocenters. The highest BCUT2D eigenvalue weighted by Crippen LogP contribution is 2.31. The fraction of sp³-hybridized carbons (Fsp3) is 0.304. The van der Waals surface area contributed by atoms with Gasteiger partial charge in [0.05, 0.1) is 12.2 Å². The summed E-state index contributed by atoms with van der Waals surface area (Å²) in [7, 11) is 0. The van der Waals surface area contributed by atoms with Gasteiger partial charge in [0, 0.05) is 36.1 Å². The monoisotopic (exact) mass is 494 g/mol. The average Bonchev–Trinajstić information content (AvgIpc) is 2.78. The van der Waals surface area contributed by atoms with Crippen LogP contribution < -0.4 is 14.8 Å². The van der Waals surface area contributed by atoms with Crippen LogP contribution in [0.3, 0.4) is 0 Å². The van der Waals surface area contributed by atoms with Gasteiger partial charge in [-0.25, -0.2) is 9.97 Å². The van der Waals surface area contributed by atoms with E-state index < -0.39 is 30.6 Å². The zero-order chi connectivity index (χ0) is 25.6. The maximum Gasteiger partial charge on any atom is 0.388 e. The molecule has 3 heterocycles. The quantitative estimate of drug-likeness (QED) is 0.414. The Hall–Kier alpha value is -3.80. The molecule has 3 rings (SSSR count). The minimum Gasteiger partial charge on any atom is -0.432 e. The SMILES string of the molecule is CC(C)(O)C(=O)NCc1ccc(Cc2ccc(OC(F)F)c(-c3ccnc(OC(F)F)c3)n2)cn1. The van der Waals surface area contributed by atoms with Gasteiger partial charge in [-0.3, -0.25) is 9.78 Å². The second-order valence-corrected chi connectivity index (χ2v) is 7.87. The number of amides is 1. The number of pyridine rings is 3. The molecule has 0 aliphatic carbocycles. The first kappa shape index (κ1) is 25.8. The van der Waals surface area contributed by atoms with E-state index in [-0.39, 0.29) is 30.0 Å². The fourth-order valence-electron chi connectivity index (χ4n) is 2.96. The molecule has 0 spiro atoms. The van der Waals surface area contributed by atoms with Crippen molar-refractivity contribution in [2.24, 2.45) is 0 Å². The van der Waals surface area contributed by atoms with Gasteiger partial charge in [-0.2, -0.15) is 17.6 Å². The van der Waals surface area contributed by atoms with Crippen LogP contribution in [-0.4, -0.2) is 44.8 Å². The number of alkyl halides is 4. The van der Waals surface area contributed by atoms with E-state index in [2.05, 4.69) is 29.7 Å². The number of aromatic nitrogens is 3. The van der Waals surface area contributed by atoms with Gasteiger partial charge in [-0.05, 0) is 43.7 Å². The fourth-order valence-corrected chi connectivity index (χ4v) is 2.96. The molecule has 0 aliphatic heterocycles. The van der Waals surface area contributed by atoms with Gasteiger partial charge in [0.15, 0.2) is 5.75 Å². The van der Waals surface area contributed by atoms with Gasteiger partial charge < -0.3 is 19.9 Å². The predicted molar refractivity (Wildman–Crippen MR) is 116 cm³/mol. The van der Waals surface area contributed by atoms with E-state index in [4.69, 9.17) is 0 Å². The summed E-state index contributed by atoms with van der Waals surface area (Å²) < 4.78 is 59.7. The topological polar surface area (TPSA) is 106 Å². The molecule has 186 valence electrons. The molecule has 0 radical (unpaired) electrons. The van der Waals surface area contributed by atoms with Crippen molar-refractivity contribution >= 4 is 5.91 Å². The summed E-state index contributed by atoms with van der Waals surface area (Å²) in [5.41, 5.74) is 0.459. The molecule has 35 heavy (non-hydrogen) atoms. The first-order valence-electron chi connectivity index (χ1n) is 10.3. The van der Waals surface area contributed by atoms with Gasteiger partial charge in [0.1, 0.15) is 11.3 Å². The molecule has 8 nitrogen and oxygen atoms in total. The van der Waals surface area contributed by atoms with Gasteiger partial charge in [0.25, 0.3) is 5.91 Å². The Morgan fingerprint density at radius 2 is 1.74 bits per heavy atom. The Morgan fingerprint density at radius 1 is 1.03 bits per heavy atom. The molecule has 1 amide bonds. The Kier molecular flexibility index (Phi) is 8.18. The second kappa shape index (κ2) is 11.1. The number of rotatable bonds is 10. The average molecular weight is 494 g/mol. The molecule has 0 aromatic carbocycles. The number of carbonyl (C=O) groups excluding carboxylic acids is 1. The molecule has 0 saturated carbocycles. The van der Waals surface area contributed by atoms with E-state index in [1.165, 1.54) is 38.2 Å². The lowest BCUT2D eigenvalue weighted by molar-refractivity contribution is -0.136. The number of aliphatic hydroxyl groups is 1. The summed E-state index contributed by atoms with van der Waals surface area (Å²) in [6, 6.07) is 8.80. The summed E-state index contributed by atoms with van der Waals surface area (Å²) >= 11 is 0. The standard InChI is InChI=1S/C23H22F4N4O4/c1-23(2,33)20(32)30-12-16-4-3-13(11-29-16)9-15-5-6-17(34-21(24)25)19(31-15)14-7-8-28-18(10-14)35-22(26)27/h3-8,10-11,21-22,33H,9,12H2,1-2H3,(H,30,32). The molecule has 12 heteroatoms. The number of halogens is 4. The molecular formula is C23H22F4N4O4. The molecular weight excluding hydrogens is 472 g/mol. The highest BCUT2D eigenvalue weighted by Gasteiger charge is 2.23. The predicted octanol–water partition coefficient (Wildman–Crippen LogP) is 3.72. The smallest absolute Gasteiger partial charge is 0.388 e. The molecule has 0 saturated heterocycles. The van der Waals surface area contributed by atoms with Crippen LogP contribution in [0.15, 0.2) is 48.8 Å². The third kappa shape index (κ3) is 7.60. The summed E-state index contributed by atoms with van der Waals surface area (Å²) in [6.07, 6.45) is 3.03. The van der Waals surface area contributed by atoms with Crippen molar-refractivity contribution < 1.29 is 36.9 Å². The minimum atomic E-state index is -3.12. The van der Waals surface area contributed by atoms with E-state index in [0.29, 0.717) is 11.4 Å². The van der Waals surface area contributed by atoms with Crippen LogP contribution in [-0.2, 0) is 17.8 Å². The van der Waals surface area contributed by atoms with E-state index in [9.17, 15) is 27.5 Å². The van der Waals surface area contributed by atoms with Crippen molar-refractivity contribution in [2.45, 2.75) is 45.6 Å². The zero-order valence-electron chi connectivity index (χ0n) is 18.7. The molecule has 3 aromatic rings. The summed E-state index contributed by atoms with van der Waals surface area (Å²) in [4.78, 5) is 24.1. The molecule has 3 aromatic heterocycles. The van der Waals surface area contributed by atoms with Gasteiger partial charge in [0.2, 0.25) is 5.88 Å². The van der Waals surface area contributed by atoms with Crippen LogP contribution in [0.1, 0.15) is 30.8 Å². The highest BCUT2D eigenvalue weighted by atomic mass is 19.3. The minimum absolute atomic E-state index is 0.00299. The summed E-state index contributed by atoms with van der Waals surface area (Å²) in [6.45, 7) is -3.36. The number of nitrogens with zero attached hydrogens (tertiary/aromatic N) is 3. The zero-order valence-corrected chi connectivity index (χ0v) is 18.7. The van der Waals surface area contributed by atoms with Crippen molar-refractivity contribution in [2.75, 3.05) is 0 Å². The van der Waals surface area contributed by atoms with Crippen molar-refractivity contribution in [1.82, 2.24) is 20.3 Å². The Morgan fingerprint density at radius 3 is 2.37 bits per heavy atom. The highest BCUT2D eigenvalue weighted by molar-refractivity contribution is 5.83. The lowest BCUT2D eigenvalue weighted by atomic mass is 10.1. The number of ether oxygens (including phenoxy) is 2. The summed E-state index contributed by atoms with van der Waals surface area (Å²) in [5, 5.41) is 12.2.